The minimum atomic E-state index is -0.231. The lowest BCUT2D eigenvalue weighted by atomic mass is 10.1. The van der Waals surface area contributed by atoms with Crippen LogP contribution in [0.25, 0.3) is 0 Å². The molecule has 1 aromatic heterocycles. The number of rotatable bonds is 3. The Kier molecular flexibility index (Phi) is 3.97. The molecule has 1 N–H and O–H groups in total. The maximum atomic E-state index is 13.2. The molecule has 1 heterocycles. The summed E-state index contributed by atoms with van der Waals surface area (Å²) in [6, 6.07) is 9.46. The molecular formula is C13H13BrFNS. The molecule has 2 aromatic rings. The first-order chi connectivity index (χ1) is 8.11. The van der Waals surface area contributed by atoms with Gasteiger partial charge in [0.05, 0.1) is 10.5 Å². The fourth-order valence-electron chi connectivity index (χ4n) is 1.77. The summed E-state index contributed by atoms with van der Waals surface area (Å²) in [5, 5.41) is 3.26. The van der Waals surface area contributed by atoms with Crippen LogP contribution in [0.15, 0.2) is 34.8 Å². The Morgan fingerprint density at radius 1 is 1.29 bits per heavy atom. The van der Waals surface area contributed by atoms with Crippen LogP contribution in [0.2, 0.25) is 0 Å². The molecule has 1 nitrogen and oxygen atoms in total. The minimum Gasteiger partial charge on any atom is -0.309 e. The van der Waals surface area contributed by atoms with E-state index in [1.165, 1.54) is 15.8 Å². The van der Waals surface area contributed by atoms with Crippen molar-refractivity contribution in [3.63, 3.8) is 0 Å². The Morgan fingerprint density at radius 2 is 2.06 bits per heavy atom. The zero-order valence-corrected chi connectivity index (χ0v) is 12.0. The average molecular weight is 314 g/mol. The average Bonchev–Trinajstić information content (AvgIpc) is 2.71. The number of hydrogen-bond donors (Lipinski definition) is 1. The number of halogens is 2. The minimum absolute atomic E-state index is 0.116. The third-order valence-corrected chi connectivity index (χ3v) is 4.28. The summed E-state index contributed by atoms with van der Waals surface area (Å²) in [5.74, 6) is -0.231. The Bertz CT molecular complexity index is 524. The van der Waals surface area contributed by atoms with Crippen LogP contribution in [0.5, 0.6) is 0 Å². The monoisotopic (exact) mass is 313 g/mol. The molecule has 1 atom stereocenters. The highest BCUT2D eigenvalue weighted by atomic mass is 79.9. The Hall–Kier alpha value is -0.710. The van der Waals surface area contributed by atoms with Gasteiger partial charge in [-0.25, -0.2) is 4.39 Å². The summed E-state index contributed by atoms with van der Waals surface area (Å²) in [7, 11) is 1.91. The third kappa shape index (κ3) is 2.76. The van der Waals surface area contributed by atoms with Crippen molar-refractivity contribution in [2.45, 2.75) is 13.0 Å². The van der Waals surface area contributed by atoms with Gasteiger partial charge in [0.25, 0.3) is 0 Å². The molecule has 0 fully saturated rings. The molecule has 0 amide bonds. The number of benzene rings is 1. The van der Waals surface area contributed by atoms with Gasteiger partial charge in [0, 0.05) is 9.75 Å². The van der Waals surface area contributed by atoms with E-state index in [0.29, 0.717) is 4.47 Å². The molecule has 0 saturated carbocycles. The first-order valence-corrected chi connectivity index (χ1v) is 6.91. The van der Waals surface area contributed by atoms with E-state index in [4.69, 9.17) is 0 Å². The molecule has 1 aromatic carbocycles. The van der Waals surface area contributed by atoms with Crippen LogP contribution in [0.3, 0.4) is 0 Å². The fraction of sp³-hybridized carbons (Fsp3) is 0.231. The number of hydrogen-bond acceptors (Lipinski definition) is 2. The fourth-order valence-corrected chi connectivity index (χ4v) is 3.19. The molecule has 0 bridgehead atoms. The van der Waals surface area contributed by atoms with Crippen molar-refractivity contribution in [3.05, 3.63) is 55.9 Å². The molecule has 90 valence electrons. The van der Waals surface area contributed by atoms with Gasteiger partial charge in [-0.1, -0.05) is 6.07 Å². The van der Waals surface area contributed by atoms with Gasteiger partial charge in [-0.3, -0.25) is 0 Å². The van der Waals surface area contributed by atoms with Crippen molar-refractivity contribution in [1.29, 1.82) is 0 Å². The Morgan fingerprint density at radius 3 is 2.59 bits per heavy atom. The molecule has 0 spiro atoms. The lowest BCUT2D eigenvalue weighted by Crippen LogP contribution is -2.16. The van der Waals surface area contributed by atoms with Gasteiger partial charge in [0.15, 0.2) is 0 Å². The maximum absolute atomic E-state index is 13.2. The predicted octanol–water partition coefficient (Wildman–Crippen LogP) is 4.27. The highest BCUT2D eigenvalue weighted by Gasteiger charge is 2.14. The second-order valence-corrected chi connectivity index (χ2v) is 6.02. The van der Waals surface area contributed by atoms with Crippen molar-refractivity contribution >= 4 is 27.3 Å². The van der Waals surface area contributed by atoms with Crippen LogP contribution < -0.4 is 5.32 Å². The first-order valence-electron chi connectivity index (χ1n) is 5.30. The van der Waals surface area contributed by atoms with Gasteiger partial charge in [0.1, 0.15) is 5.82 Å². The van der Waals surface area contributed by atoms with Crippen molar-refractivity contribution in [1.82, 2.24) is 5.32 Å². The molecule has 1 unspecified atom stereocenters. The maximum Gasteiger partial charge on any atom is 0.137 e. The van der Waals surface area contributed by atoms with Gasteiger partial charge in [-0.2, -0.15) is 0 Å². The summed E-state index contributed by atoms with van der Waals surface area (Å²) >= 11 is 4.98. The highest BCUT2D eigenvalue weighted by Crippen LogP contribution is 2.30. The Balaban J connectivity index is 2.38. The third-order valence-electron chi connectivity index (χ3n) is 2.61. The van der Waals surface area contributed by atoms with Gasteiger partial charge in [0.2, 0.25) is 0 Å². The summed E-state index contributed by atoms with van der Waals surface area (Å²) in [5.41, 5.74) is 1.06. The largest absolute Gasteiger partial charge is 0.309 e. The Labute approximate surface area is 113 Å². The second-order valence-electron chi connectivity index (χ2n) is 3.84. The summed E-state index contributed by atoms with van der Waals surface area (Å²) in [4.78, 5) is 2.52. The van der Waals surface area contributed by atoms with E-state index in [9.17, 15) is 4.39 Å². The number of thiophene rings is 1. The van der Waals surface area contributed by atoms with Crippen LogP contribution >= 0.6 is 27.3 Å². The van der Waals surface area contributed by atoms with Crippen molar-refractivity contribution in [3.8, 4) is 0 Å². The molecule has 0 aliphatic rings. The second kappa shape index (κ2) is 5.29. The number of aryl methyl sites for hydroxylation is 1. The van der Waals surface area contributed by atoms with Crippen molar-refractivity contribution < 1.29 is 4.39 Å². The highest BCUT2D eigenvalue weighted by molar-refractivity contribution is 9.10. The van der Waals surface area contributed by atoms with E-state index >= 15 is 0 Å². The quantitative estimate of drug-likeness (QED) is 0.892. The zero-order valence-electron chi connectivity index (χ0n) is 9.63. The molecule has 0 saturated heterocycles. The molecule has 4 heteroatoms. The standard InChI is InChI=1S/C13H13BrFNS/c1-8-3-6-12(17-8)13(16-2)9-4-5-11(15)10(14)7-9/h3-7,13,16H,1-2H3. The van der Waals surface area contributed by atoms with Crippen LogP contribution in [-0.4, -0.2) is 7.05 Å². The first kappa shape index (κ1) is 12.7. The summed E-state index contributed by atoms with van der Waals surface area (Å²) in [6.07, 6.45) is 0. The van der Waals surface area contributed by atoms with Gasteiger partial charge < -0.3 is 5.32 Å². The van der Waals surface area contributed by atoms with E-state index in [1.807, 2.05) is 19.2 Å². The van der Waals surface area contributed by atoms with E-state index in [1.54, 1.807) is 11.3 Å². The van der Waals surface area contributed by atoms with Gasteiger partial charge in [-0.05, 0) is 59.7 Å². The van der Waals surface area contributed by atoms with Gasteiger partial charge >= 0.3 is 0 Å². The number of nitrogens with one attached hydrogen (secondary N) is 1. The molecule has 0 aliphatic heterocycles. The van der Waals surface area contributed by atoms with Crippen LogP contribution in [0.1, 0.15) is 21.4 Å². The van der Waals surface area contributed by atoms with E-state index < -0.39 is 0 Å². The molecule has 2 rings (SSSR count). The summed E-state index contributed by atoms with van der Waals surface area (Å²) < 4.78 is 13.7. The molecule has 0 radical (unpaired) electrons. The van der Waals surface area contributed by atoms with Gasteiger partial charge in [-0.15, -0.1) is 11.3 Å². The van der Waals surface area contributed by atoms with Crippen molar-refractivity contribution in [2.24, 2.45) is 0 Å². The lowest BCUT2D eigenvalue weighted by molar-refractivity contribution is 0.617. The normalized spacial score (nSPS) is 12.7. The van der Waals surface area contributed by atoms with E-state index in [2.05, 4.69) is 40.3 Å². The van der Waals surface area contributed by atoms with E-state index in [0.717, 1.165) is 5.56 Å². The van der Waals surface area contributed by atoms with Crippen LogP contribution in [0, 0.1) is 12.7 Å². The smallest absolute Gasteiger partial charge is 0.137 e. The topological polar surface area (TPSA) is 12.0 Å². The molecule has 17 heavy (non-hydrogen) atoms. The van der Waals surface area contributed by atoms with Crippen molar-refractivity contribution in [2.75, 3.05) is 7.05 Å². The predicted molar refractivity (Wildman–Crippen MR) is 74.1 cm³/mol. The lowest BCUT2D eigenvalue weighted by Gasteiger charge is -2.15. The zero-order chi connectivity index (χ0) is 12.4. The molecular weight excluding hydrogens is 301 g/mol. The summed E-state index contributed by atoms with van der Waals surface area (Å²) in [6.45, 7) is 2.08. The van der Waals surface area contributed by atoms with Crippen LogP contribution in [-0.2, 0) is 0 Å². The SMILES string of the molecule is CNC(c1ccc(F)c(Br)c1)c1ccc(C)s1. The molecule has 0 aliphatic carbocycles. The van der Waals surface area contributed by atoms with Crippen LogP contribution in [0.4, 0.5) is 4.39 Å². The van der Waals surface area contributed by atoms with E-state index in [-0.39, 0.29) is 11.9 Å².